The number of rotatable bonds is 5. The van der Waals surface area contributed by atoms with Crippen LogP contribution in [0.2, 0.25) is 0 Å². The maximum Gasteiger partial charge on any atom is 0.0593 e. The first kappa shape index (κ1) is 11.4. The largest absolute Gasteiger partial charge is 0.380 e. The number of hydrogen-bond donors (Lipinski definition) is 1. The van der Waals surface area contributed by atoms with Crippen LogP contribution in [0.15, 0.2) is 0 Å². The summed E-state index contributed by atoms with van der Waals surface area (Å²) in [6, 6.07) is 2.40. The fourth-order valence-electron chi connectivity index (χ4n) is 3.19. The van der Waals surface area contributed by atoms with Crippen LogP contribution < -0.4 is 5.32 Å². The average molecular weight is 212 g/mol. The number of piperidine rings is 1. The molecule has 0 aromatic carbocycles. The second-order valence-electron chi connectivity index (χ2n) is 4.78. The predicted octanol–water partition coefficient (Wildman–Crippen LogP) is 1.24. The van der Waals surface area contributed by atoms with E-state index in [9.17, 15) is 0 Å². The highest BCUT2D eigenvalue weighted by molar-refractivity contribution is 4.96. The molecule has 2 heterocycles. The van der Waals surface area contributed by atoms with Gasteiger partial charge in [-0.05, 0) is 39.7 Å². The molecule has 2 aliphatic heterocycles. The van der Waals surface area contributed by atoms with Crippen molar-refractivity contribution in [1.82, 2.24) is 10.2 Å². The van der Waals surface area contributed by atoms with Crippen molar-refractivity contribution in [2.45, 2.75) is 50.7 Å². The third-order valence-electron chi connectivity index (χ3n) is 3.99. The van der Waals surface area contributed by atoms with Crippen molar-refractivity contribution >= 4 is 0 Å². The van der Waals surface area contributed by atoms with Crippen LogP contribution in [0.4, 0.5) is 0 Å². The first-order valence-corrected chi connectivity index (χ1v) is 6.36. The molecule has 0 aromatic heterocycles. The molecule has 3 nitrogen and oxygen atoms in total. The van der Waals surface area contributed by atoms with Gasteiger partial charge in [-0.1, -0.05) is 0 Å². The quantitative estimate of drug-likeness (QED) is 0.694. The van der Waals surface area contributed by atoms with Gasteiger partial charge in [0.25, 0.3) is 0 Å². The summed E-state index contributed by atoms with van der Waals surface area (Å²) in [6.07, 6.45) is 5.46. The fraction of sp³-hybridized carbons (Fsp3) is 1.00. The van der Waals surface area contributed by atoms with Gasteiger partial charge in [-0.2, -0.15) is 0 Å². The minimum Gasteiger partial charge on any atom is -0.380 e. The molecule has 3 heteroatoms. The van der Waals surface area contributed by atoms with Crippen LogP contribution in [0, 0.1) is 0 Å². The molecule has 0 saturated carbocycles. The monoisotopic (exact) mass is 212 g/mol. The minimum absolute atomic E-state index is 0.755. The summed E-state index contributed by atoms with van der Waals surface area (Å²) in [5.41, 5.74) is 0. The van der Waals surface area contributed by atoms with Crippen LogP contribution in [0.5, 0.6) is 0 Å². The van der Waals surface area contributed by atoms with Gasteiger partial charge in [-0.3, -0.25) is 4.90 Å². The van der Waals surface area contributed by atoms with Gasteiger partial charge in [-0.25, -0.2) is 0 Å². The Balaban J connectivity index is 1.82. The lowest BCUT2D eigenvalue weighted by molar-refractivity contribution is 0.0644. The predicted molar refractivity (Wildman–Crippen MR) is 62.1 cm³/mol. The number of nitrogens with one attached hydrogen (secondary N) is 1. The third kappa shape index (κ3) is 2.52. The standard InChI is InChI=1S/C12H24N2O/c1-3-15-7-6-14-11-4-5-12(14)9-10(8-11)13-2/h10-13H,3-9H2,1-2H3. The second-order valence-corrected chi connectivity index (χ2v) is 4.78. The normalized spacial score (nSPS) is 36.0. The molecule has 2 atom stereocenters. The molecule has 2 fully saturated rings. The highest BCUT2D eigenvalue weighted by Crippen LogP contribution is 2.35. The Bertz CT molecular complexity index is 184. The molecule has 2 unspecified atom stereocenters. The molecule has 2 saturated heterocycles. The van der Waals surface area contributed by atoms with E-state index in [0.717, 1.165) is 37.9 Å². The lowest BCUT2D eigenvalue weighted by Gasteiger charge is -2.38. The maximum atomic E-state index is 5.46. The van der Waals surface area contributed by atoms with Gasteiger partial charge in [0.05, 0.1) is 6.61 Å². The molecule has 2 aliphatic rings. The van der Waals surface area contributed by atoms with E-state index in [1.165, 1.54) is 25.7 Å². The molecule has 0 radical (unpaired) electrons. The van der Waals surface area contributed by atoms with Crippen LogP contribution in [0.25, 0.3) is 0 Å². The van der Waals surface area contributed by atoms with Gasteiger partial charge in [0.2, 0.25) is 0 Å². The van der Waals surface area contributed by atoms with Gasteiger partial charge in [-0.15, -0.1) is 0 Å². The number of ether oxygens (including phenoxy) is 1. The van der Waals surface area contributed by atoms with Gasteiger partial charge in [0, 0.05) is 31.3 Å². The third-order valence-corrected chi connectivity index (χ3v) is 3.99. The summed E-state index contributed by atoms with van der Waals surface area (Å²) in [5.74, 6) is 0. The Morgan fingerprint density at radius 2 is 1.93 bits per heavy atom. The zero-order valence-electron chi connectivity index (χ0n) is 10.0. The zero-order chi connectivity index (χ0) is 10.7. The first-order valence-electron chi connectivity index (χ1n) is 6.36. The Morgan fingerprint density at radius 1 is 1.27 bits per heavy atom. The van der Waals surface area contributed by atoms with Crippen molar-refractivity contribution in [3.8, 4) is 0 Å². The van der Waals surface area contributed by atoms with Crippen molar-refractivity contribution in [3.63, 3.8) is 0 Å². The smallest absolute Gasteiger partial charge is 0.0593 e. The highest BCUT2D eigenvalue weighted by Gasteiger charge is 2.39. The minimum atomic E-state index is 0.755. The van der Waals surface area contributed by atoms with Crippen molar-refractivity contribution < 1.29 is 4.74 Å². The molecule has 2 rings (SSSR count). The van der Waals surface area contributed by atoms with Crippen molar-refractivity contribution in [2.75, 3.05) is 26.8 Å². The van der Waals surface area contributed by atoms with Gasteiger partial charge in [0.1, 0.15) is 0 Å². The topological polar surface area (TPSA) is 24.5 Å². The van der Waals surface area contributed by atoms with E-state index in [4.69, 9.17) is 4.74 Å². The summed E-state index contributed by atoms with van der Waals surface area (Å²) in [5, 5.41) is 3.43. The van der Waals surface area contributed by atoms with Crippen LogP contribution in [-0.2, 0) is 4.74 Å². The zero-order valence-corrected chi connectivity index (χ0v) is 10.0. The fourth-order valence-corrected chi connectivity index (χ4v) is 3.19. The second kappa shape index (κ2) is 5.28. The van der Waals surface area contributed by atoms with Crippen molar-refractivity contribution in [3.05, 3.63) is 0 Å². The maximum absolute atomic E-state index is 5.46. The molecule has 88 valence electrons. The van der Waals surface area contributed by atoms with Gasteiger partial charge in [0.15, 0.2) is 0 Å². The Labute approximate surface area is 93.2 Å². The lowest BCUT2D eigenvalue weighted by atomic mass is 9.97. The highest BCUT2D eigenvalue weighted by atomic mass is 16.5. The van der Waals surface area contributed by atoms with Crippen LogP contribution in [0.3, 0.4) is 0 Å². The number of nitrogens with zero attached hydrogens (tertiary/aromatic N) is 1. The first-order chi connectivity index (χ1) is 7.35. The van der Waals surface area contributed by atoms with Gasteiger partial charge >= 0.3 is 0 Å². The summed E-state index contributed by atoms with van der Waals surface area (Å²) >= 11 is 0. The summed E-state index contributed by atoms with van der Waals surface area (Å²) in [7, 11) is 2.10. The van der Waals surface area contributed by atoms with E-state index in [1.807, 2.05) is 0 Å². The van der Waals surface area contributed by atoms with Gasteiger partial charge < -0.3 is 10.1 Å². The molecule has 0 aromatic rings. The van der Waals surface area contributed by atoms with E-state index in [1.54, 1.807) is 0 Å². The molecular formula is C12H24N2O. The molecule has 0 spiro atoms. The molecule has 2 bridgehead atoms. The van der Waals surface area contributed by atoms with Crippen molar-refractivity contribution in [1.29, 1.82) is 0 Å². The van der Waals surface area contributed by atoms with E-state index in [2.05, 4.69) is 24.2 Å². The molecule has 15 heavy (non-hydrogen) atoms. The summed E-state index contributed by atoms with van der Waals surface area (Å²) in [4.78, 5) is 2.68. The van der Waals surface area contributed by atoms with Crippen LogP contribution >= 0.6 is 0 Å². The van der Waals surface area contributed by atoms with Crippen LogP contribution in [0.1, 0.15) is 32.6 Å². The van der Waals surface area contributed by atoms with E-state index < -0.39 is 0 Å². The molecule has 0 aliphatic carbocycles. The Kier molecular flexibility index (Phi) is 4.00. The molecule has 1 N–H and O–H groups in total. The molecular weight excluding hydrogens is 188 g/mol. The summed E-state index contributed by atoms with van der Waals surface area (Å²) < 4.78 is 5.46. The van der Waals surface area contributed by atoms with Crippen LogP contribution in [-0.4, -0.2) is 49.8 Å². The Morgan fingerprint density at radius 3 is 2.47 bits per heavy atom. The molecule has 0 amide bonds. The van der Waals surface area contributed by atoms with Crippen molar-refractivity contribution in [2.24, 2.45) is 0 Å². The van der Waals surface area contributed by atoms with E-state index >= 15 is 0 Å². The lowest BCUT2D eigenvalue weighted by Crippen LogP contribution is -2.49. The Hall–Kier alpha value is -0.120. The van der Waals surface area contributed by atoms with E-state index in [-0.39, 0.29) is 0 Å². The average Bonchev–Trinajstić information content (AvgIpc) is 2.51. The number of fused-ring (bicyclic) bond motifs is 2. The number of hydrogen-bond acceptors (Lipinski definition) is 3. The SMILES string of the molecule is CCOCCN1C2CCC1CC(NC)C2. The summed E-state index contributed by atoms with van der Waals surface area (Å²) in [6.45, 7) is 4.97. The van der Waals surface area contributed by atoms with E-state index in [0.29, 0.717) is 0 Å².